The molecule has 1 N–H and O–H groups in total. The summed E-state index contributed by atoms with van der Waals surface area (Å²) >= 11 is 1.50. The fraction of sp³-hybridized carbons (Fsp3) is 0.364. The lowest BCUT2D eigenvalue weighted by Gasteiger charge is -2.40. The first-order chi connectivity index (χ1) is 14.1. The molecule has 4 aromatic rings. The number of benzene rings is 1. The Morgan fingerprint density at radius 1 is 1.10 bits per heavy atom. The van der Waals surface area contributed by atoms with Crippen LogP contribution in [0.1, 0.15) is 36.8 Å². The third-order valence-corrected chi connectivity index (χ3v) is 6.64. The van der Waals surface area contributed by atoms with Crippen molar-refractivity contribution in [3.63, 3.8) is 0 Å². The molecule has 3 aromatic heterocycles. The van der Waals surface area contributed by atoms with E-state index in [1.807, 2.05) is 12.1 Å². The molecule has 0 amide bonds. The lowest BCUT2D eigenvalue weighted by Crippen LogP contribution is -2.41. The highest BCUT2D eigenvalue weighted by atomic mass is 32.1. The van der Waals surface area contributed by atoms with Crippen LogP contribution in [0.25, 0.3) is 16.5 Å². The lowest BCUT2D eigenvalue weighted by molar-refractivity contribution is 0.112. The fourth-order valence-corrected chi connectivity index (χ4v) is 5.64. The minimum atomic E-state index is -0.0121. The maximum atomic E-state index is 11.1. The highest BCUT2D eigenvalue weighted by molar-refractivity contribution is 7.17. The molecule has 7 heteroatoms. The van der Waals surface area contributed by atoms with Crippen LogP contribution in [0.15, 0.2) is 53.1 Å². The Labute approximate surface area is 173 Å². The molecule has 1 aliphatic rings. The SMILES string of the molecule is C[C@@H]1C[C@@H](C)CN([C@H](c2ccccc2)c2sc3nc(-c4ccco4)nn3c2O)C1. The van der Waals surface area contributed by atoms with E-state index < -0.39 is 0 Å². The normalized spacial score (nSPS) is 21.6. The summed E-state index contributed by atoms with van der Waals surface area (Å²) in [6.45, 7) is 6.63. The molecule has 0 radical (unpaired) electrons. The summed E-state index contributed by atoms with van der Waals surface area (Å²) in [5.41, 5.74) is 1.18. The Hall–Kier alpha value is -2.64. The quantitative estimate of drug-likeness (QED) is 0.524. The number of aromatic hydroxyl groups is 1. The van der Waals surface area contributed by atoms with Gasteiger partial charge in [0, 0.05) is 13.1 Å². The van der Waals surface area contributed by atoms with Crippen LogP contribution in [-0.4, -0.2) is 37.7 Å². The first-order valence-corrected chi connectivity index (χ1v) is 10.8. The van der Waals surface area contributed by atoms with Crippen LogP contribution in [0.3, 0.4) is 0 Å². The zero-order valence-electron chi connectivity index (χ0n) is 16.5. The van der Waals surface area contributed by atoms with Crippen molar-refractivity contribution in [1.82, 2.24) is 19.5 Å². The molecule has 3 atom stereocenters. The molecule has 5 rings (SSSR count). The number of aromatic nitrogens is 3. The van der Waals surface area contributed by atoms with E-state index in [0.29, 0.717) is 28.4 Å². The molecule has 0 aliphatic carbocycles. The Kier molecular flexibility index (Phi) is 4.64. The summed E-state index contributed by atoms with van der Waals surface area (Å²) in [5.74, 6) is 2.49. The van der Waals surface area contributed by atoms with E-state index in [1.165, 1.54) is 27.8 Å². The first kappa shape index (κ1) is 18.4. The van der Waals surface area contributed by atoms with E-state index in [9.17, 15) is 5.11 Å². The zero-order valence-corrected chi connectivity index (χ0v) is 17.3. The molecule has 0 spiro atoms. The fourth-order valence-electron chi connectivity index (χ4n) is 4.52. The maximum absolute atomic E-state index is 11.1. The van der Waals surface area contributed by atoms with Gasteiger partial charge in [-0.25, -0.2) is 0 Å². The van der Waals surface area contributed by atoms with Gasteiger partial charge in [0.1, 0.15) is 0 Å². The summed E-state index contributed by atoms with van der Waals surface area (Å²) in [6, 6.07) is 14.0. The van der Waals surface area contributed by atoms with E-state index in [1.54, 1.807) is 12.3 Å². The van der Waals surface area contributed by atoms with Gasteiger partial charge in [-0.3, -0.25) is 4.90 Å². The van der Waals surface area contributed by atoms with Gasteiger partial charge >= 0.3 is 0 Å². The molecule has 1 aliphatic heterocycles. The van der Waals surface area contributed by atoms with Crippen LogP contribution < -0.4 is 0 Å². The minimum Gasteiger partial charge on any atom is -0.492 e. The van der Waals surface area contributed by atoms with Gasteiger partial charge in [0.2, 0.25) is 16.7 Å². The summed E-state index contributed by atoms with van der Waals surface area (Å²) in [5, 5.41) is 15.6. The van der Waals surface area contributed by atoms with E-state index >= 15 is 0 Å². The predicted octanol–water partition coefficient (Wildman–Crippen LogP) is 4.82. The number of hydrogen-bond acceptors (Lipinski definition) is 6. The van der Waals surface area contributed by atoms with Gasteiger partial charge in [0.15, 0.2) is 5.76 Å². The van der Waals surface area contributed by atoms with Gasteiger partial charge in [0.25, 0.3) is 0 Å². The van der Waals surface area contributed by atoms with Crippen LogP contribution in [0.2, 0.25) is 0 Å². The van der Waals surface area contributed by atoms with E-state index in [4.69, 9.17) is 4.42 Å². The number of furan rings is 1. The first-order valence-electron chi connectivity index (χ1n) is 10.0. The van der Waals surface area contributed by atoms with Crippen LogP contribution in [0.5, 0.6) is 5.88 Å². The molecule has 1 saturated heterocycles. The average molecular weight is 409 g/mol. The third-order valence-electron chi connectivity index (χ3n) is 5.57. The number of thiazole rings is 1. The molecule has 0 saturated carbocycles. The standard InChI is InChI=1S/C22H24N4O2S/c1-14-11-15(2)13-25(12-14)18(16-7-4-3-5-8-16)19-21(27)26-22(29-19)23-20(24-26)17-9-6-10-28-17/h3-10,14-15,18,27H,11-13H2,1-2H3/t14-,15-,18-/m1/s1. The largest absolute Gasteiger partial charge is 0.492 e. The van der Waals surface area contributed by atoms with E-state index in [0.717, 1.165) is 18.0 Å². The number of rotatable bonds is 4. The van der Waals surface area contributed by atoms with Gasteiger partial charge in [-0.05, 0) is 36.0 Å². The third kappa shape index (κ3) is 3.34. The second-order valence-corrected chi connectivity index (χ2v) is 9.12. The second kappa shape index (κ2) is 7.31. The number of hydrogen-bond donors (Lipinski definition) is 1. The van der Waals surface area contributed by atoms with E-state index in [2.05, 4.69) is 53.1 Å². The Balaban J connectivity index is 1.59. The highest BCUT2D eigenvalue weighted by Gasteiger charge is 2.33. The average Bonchev–Trinajstić information content (AvgIpc) is 3.41. The van der Waals surface area contributed by atoms with Crippen molar-refractivity contribution in [3.05, 3.63) is 59.2 Å². The van der Waals surface area contributed by atoms with Crippen LogP contribution >= 0.6 is 11.3 Å². The minimum absolute atomic E-state index is 0.0121. The molecule has 0 bridgehead atoms. The Morgan fingerprint density at radius 2 is 1.86 bits per heavy atom. The smallest absolute Gasteiger partial charge is 0.230 e. The van der Waals surface area contributed by atoms with Gasteiger partial charge in [0.05, 0.1) is 17.2 Å². The molecule has 150 valence electrons. The molecule has 1 aromatic carbocycles. The number of likely N-dealkylation sites (tertiary alicyclic amines) is 1. The Bertz CT molecular complexity index is 1090. The predicted molar refractivity (Wildman–Crippen MR) is 113 cm³/mol. The topological polar surface area (TPSA) is 66.8 Å². The van der Waals surface area contributed by atoms with Gasteiger partial charge in [-0.15, -0.1) is 5.10 Å². The molecular weight excluding hydrogens is 384 g/mol. The molecule has 1 fully saturated rings. The molecular formula is C22H24N4O2S. The zero-order chi connectivity index (χ0) is 20.0. The van der Waals surface area contributed by atoms with Crippen LogP contribution in [-0.2, 0) is 0 Å². The molecule has 4 heterocycles. The Morgan fingerprint density at radius 3 is 2.52 bits per heavy atom. The maximum Gasteiger partial charge on any atom is 0.230 e. The van der Waals surface area contributed by atoms with Crippen molar-refractivity contribution in [1.29, 1.82) is 0 Å². The van der Waals surface area contributed by atoms with Crippen LogP contribution in [0, 0.1) is 11.8 Å². The van der Waals surface area contributed by atoms with Crippen molar-refractivity contribution < 1.29 is 9.52 Å². The van der Waals surface area contributed by atoms with Crippen molar-refractivity contribution >= 4 is 16.3 Å². The molecule has 6 nitrogen and oxygen atoms in total. The van der Waals surface area contributed by atoms with Gasteiger partial charge in [-0.2, -0.15) is 9.50 Å². The van der Waals surface area contributed by atoms with Gasteiger partial charge in [-0.1, -0.05) is 55.5 Å². The highest BCUT2D eigenvalue weighted by Crippen LogP contribution is 2.42. The number of fused-ring (bicyclic) bond motifs is 1. The number of nitrogens with zero attached hydrogens (tertiary/aromatic N) is 4. The molecule has 29 heavy (non-hydrogen) atoms. The van der Waals surface area contributed by atoms with Crippen molar-refractivity contribution in [2.75, 3.05) is 13.1 Å². The summed E-state index contributed by atoms with van der Waals surface area (Å²) in [6.07, 6.45) is 2.84. The summed E-state index contributed by atoms with van der Waals surface area (Å²) < 4.78 is 6.93. The summed E-state index contributed by atoms with van der Waals surface area (Å²) in [4.78, 5) is 8.64. The molecule has 0 unspecified atom stereocenters. The van der Waals surface area contributed by atoms with E-state index in [-0.39, 0.29) is 11.9 Å². The summed E-state index contributed by atoms with van der Waals surface area (Å²) in [7, 11) is 0. The van der Waals surface area contributed by atoms with Gasteiger partial charge < -0.3 is 9.52 Å². The second-order valence-electron chi connectivity index (χ2n) is 8.11. The number of piperidine rings is 1. The van der Waals surface area contributed by atoms with Crippen molar-refractivity contribution in [2.24, 2.45) is 11.8 Å². The van der Waals surface area contributed by atoms with Crippen molar-refractivity contribution in [3.8, 4) is 17.5 Å². The van der Waals surface area contributed by atoms with Crippen LogP contribution in [0.4, 0.5) is 0 Å². The monoisotopic (exact) mass is 408 g/mol. The van der Waals surface area contributed by atoms with Crippen molar-refractivity contribution in [2.45, 2.75) is 26.3 Å². The lowest BCUT2D eigenvalue weighted by atomic mass is 9.89.